The first-order valence-electron chi connectivity index (χ1n) is 21.3. The number of nitrogens with zero attached hydrogens (tertiary/aromatic N) is 1. The molecule has 0 aliphatic rings. The maximum absolute atomic E-state index is 14.0. The average molecular weight is 967 g/mol. The highest BCUT2D eigenvalue weighted by atomic mass is 35.5. The van der Waals surface area contributed by atoms with E-state index in [2.05, 4.69) is 33.8 Å². The molecule has 5 N–H and O–H groups in total. The molecule has 1 aromatic heterocycles. The third-order valence-electron chi connectivity index (χ3n) is 10.2. The number of hydrogen-bond donors (Lipinski definition) is 5. The molecule has 0 radical (unpaired) electrons. The SMILES string of the molecule is CC(C)c1c(C(=O)Nc2ccccc2)c(-c2ccccc2)c(-c2ccc(F)cc2)n1CC[C@@H](O)C[C@@H](O)CC(=O)O.CNCCC(Oc1ccc(C(F)(F)F)cc1)c1ccccc1.O=C(Cl)Cl. The monoisotopic (exact) mass is 965 g/mol. The molecule has 0 bridgehead atoms. The molecule has 0 aliphatic heterocycles. The zero-order valence-electron chi connectivity index (χ0n) is 37.0. The van der Waals surface area contributed by atoms with E-state index >= 15 is 0 Å². The molecule has 0 spiro atoms. The number of carboxylic acids is 1. The van der Waals surface area contributed by atoms with Crippen molar-refractivity contribution in [2.75, 3.05) is 18.9 Å². The smallest absolute Gasteiger partial charge is 0.416 e. The molecule has 16 heteroatoms. The maximum Gasteiger partial charge on any atom is 0.416 e. The van der Waals surface area contributed by atoms with Crippen molar-refractivity contribution in [2.24, 2.45) is 0 Å². The summed E-state index contributed by atoms with van der Waals surface area (Å²) in [6.45, 7) is 5.00. The molecule has 1 heterocycles. The Hall–Kier alpha value is -6.03. The van der Waals surface area contributed by atoms with Gasteiger partial charge in [-0.1, -0.05) is 92.7 Å². The molecule has 10 nitrogen and oxygen atoms in total. The van der Waals surface area contributed by atoms with Crippen molar-refractivity contribution in [2.45, 2.75) is 76.5 Å². The minimum Gasteiger partial charge on any atom is -0.486 e. The van der Waals surface area contributed by atoms with E-state index in [1.807, 2.05) is 116 Å². The molecular weight excluding hydrogens is 913 g/mol. The number of para-hydroxylation sites is 1. The summed E-state index contributed by atoms with van der Waals surface area (Å²) in [6, 6.07) is 39.2. The molecule has 356 valence electrons. The highest BCUT2D eigenvalue weighted by molar-refractivity contribution is 6.93. The summed E-state index contributed by atoms with van der Waals surface area (Å²) in [7, 11) is 1.85. The molecule has 6 aromatic rings. The minimum atomic E-state index is -4.33. The Bertz CT molecular complexity index is 2450. The molecule has 67 heavy (non-hydrogen) atoms. The number of rotatable bonds is 18. The van der Waals surface area contributed by atoms with Crippen LogP contribution in [0, 0.1) is 5.82 Å². The van der Waals surface area contributed by atoms with E-state index in [1.54, 1.807) is 12.1 Å². The number of amides is 1. The molecule has 0 saturated heterocycles. The molecule has 0 aliphatic carbocycles. The van der Waals surface area contributed by atoms with Gasteiger partial charge in [0.25, 0.3) is 5.91 Å². The van der Waals surface area contributed by atoms with Crippen LogP contribution in [0.2, 0.25) is 0 Å². The van der Waals surface area contributed by atoms with Crippen LogP contribution in [0.4, 0.5) is 28.0 Å². The van der Waals surface area contributed by atoms with Gasteiger partial charge in [0, 0.05) is 29.9 Å². The summed E-state index contributed by atoms with van der Waals surface area (Å²) in [4.78, 5) is 34.0. The van der Waals surface area contributed by atoms with Gasteiger partial charge < -0.3 is 35.3 Å². The second kappa shape index (κ2) is 26.3. The van der Waals surface area contributed by atoms with E-state index in [4.69, 9.17) is 14.6 Å². The Morgan fingerprint density at radius 1 is 0.746 bits per heavy atom. The van der Waals surface area contributed by atoms with Crippen molar-refractivity contribution >= 4 is 45.5 Å². The number of aliphatic carboxylic acids is 1. The van der Waals surface area contributed by atoms with Crippen LogP contribution >= 0.6 is 23.2 Å². The van der Waals surface area contributed by atoms with Gasteiger partial charge in [0.2, 0.25) is 0 Å². The Kier molecular flexibility index (Phi) is 21.1. The second-order valence-corrected chi connectivity index (χ2v) is 16.5. The number of halogens is 6. The van der Waals surface area contributed by atoms with Crippen molar-refractivity contribution in [1.82, 2.24) is 9.88 Å². The number of aliphatic hydroxyl groups excluding tert-OH is 2. The second-order valence-electron chi connectivity index (χ2n) is 15.6. The number of carbonyl (C=O) groups excluding carboxylic acids is 2. The lowest BCUT2D eigenvalue weighted by Crippen LogP contribution is -2.22. The van der Waals surface area contributed by atoms with E-state index in [0.29, 0.717) is 33.8 Å². The number of anilines is 1. The van der Waals surface area contributed by atoms with Gasteiger partial charge in [-0.15, -0.1) is 0 Å². The molecule has 3 atom stereocenters. The van der Waals surface area contributed by atoms with Gasteiger partial charge in [-0.05, 0) is 133 Å². The van der Waals surface area contributed by atoms with Crippen LogP contribution < -0.4 is 15.4 Å². The number of aromatic nitrogens is 1. The number of hydrogen-bond acceptors (Lipinski definition) is 7. The van der Waals surface area contributed by atoms with Crippen LogP contribution in [0.5, 0.6) is 5.75 Å². The summed E-state index contributed by atoms with van der Waals surface area (Å²) < 4.78 is 58.7. The van der Waals surface area contributed by atoms with Crippen LogP contribution in [0.25, 0.3) is 22.4 Å². The first-order chi connectivity index (χ1) is 31.9. The van der Waals surface area contributed by atoms with Gasteiger partial charge in [-0.25, -0.2) is 4.39 Å². The summed E-state index contributed by atoms with van der Waals surface area (Å²) in [6.07, 6.45) is -6.32. The van der Waals surface area contributed by atoms with Crippen LogP contribution in [-0.2, 0) is 17.5 Å². The van der Waals surface area contributed by atoms with Crippen molar-refractivity contribution < 1.29 is 52.0 Å². The van der Waals surface area contributed by atoms with E-state index in [9.17, 15) is 37.4 Å². The Balaban J connectivity index is 0.000000315. The van der Waals surface area contributed by atoms with E-state index in [-0.39, 0.29) is 43.1 Å². The van der Waals surface area contributed by atoms with Crippen LogP contribution in [0.15, 0.2) is 140 Å². The number of carbonyl (C=O) groups is 3. The largest absolute Gasteiger partial charge is 0.486 e. The molecule has 6 rings (SSSR count). The third kappa shape index (κ3) is 17.0. The minimum absolute atomic E-state index is 0.0939. The first-order valence-corrected chi connectivity index (χ1v) is 22.1. The standard InChI is InChI=1S/C33H35FN2O5.C17H18F3NO.CCl2O/c1-21(2)31-30(33(41)35-25-11-7-4-8-12-25)29(22-9-5-3-6-10-22)32(23-13-15-24(34)16-14-23)36(31)18-17-26(37)19-27(38)20-28(39)40;1-21-12-11-16(13-5-3-2-4-6-13)22-15-9-7-14(8-10-15)17(18,19)20;2-1(3)4/h3-16,21,26-27,37-38H,17-20H2,1-2H3,(H,35,41)(H,39,40);2-10,16,21H,11-12H2,1H3;/t26-,27-;;/m1../s1. The van der Waals surface area contributed by atoms with Crippen molar-refractivity contribution in [3.63, 3.8) is 0 Å². The summed E-state index contributed by atoms with van der Waals surface area (Å²) in [5.74, 6) is -1.51. The van der Waals surface area contributed by atoms with Gasteiger partial charge >= 0.3 is 16.8 Å². The van der Waals surface area contributed by atoms with E-state index < -0.39 is 41.0 Å². The van der Waals surface area contributed by atoms with Crippen molar-refractivity contribution in [3.8, 4) is 28.1 Å². The number of ether oxygens (including phenoxy) is 1. The Labute approximate surface area is 397 Å². The van der Waals surface area contributed by atoms with Gasteiger partial charge in [0.05, 0.1) is 35.4 Å². The Morgan fingerprint density at radius 3 is 1.82 bits per heavy atom. The quantitative estimate of drug-likeness (QED) is 0.0422. The Morgan fingerprint density at radius 2 is 1.30 bits per heavy atom. The maximum atomic E-state index is 14.0. The van der Waals surface area contributed by atoms with Crippen molar-refractivity contribution in [1.29, 1.82) is 0 Å². The highest BCUT2D eigenvalue weighted by Crippen LogP contribution is 2.43. The summed E-state index contributed by atoms with van der Waals surface area (Å²) in [5, 5.41) is 35.8. The molecule has 0 saturated carbocycles. The zero-order chi connectivity index (χ0) is 49.1. The molecule has 5 aromatic carbocycles. The number of carboxylic acid groups (broad SMARTS) is 1. The molecule has 1 unspecified atom stereocenters. The lowest BCUT2D eigenvalue weighted by Gasteiger charge is -2.20. The fourth-order valence-electron chi connectivity index (χ4n) is 7.33. The number of aliphatic hydroxyl groups is 2. The molecule has 1 amide bonds. The normalized spacial score (nSPS) is 12.4. The summed E-state index contributed by atoms with van der Waals surface area (Å²) in [5.41, 5.74) is 5.10. The topological polar surface area (TPSA) is 150 Å². The van der Waals surface area contributed by atoms with Gasteiger partial charge in [-0.2, -0.15) is 13.2 Å². The molecular formula is C51H53Cl2F4N3O7. The zero-order valence-corrected chi connectivity index (χ0v) is 38.5. The average Bonchev–Trinajstić information content (AvgIpc) is 3.63. The predicted molar refractivity (Wildman–Crippen MR) is 254 cm³/mol. The number of benzene rings is 5. The fraction of sp³-hybridized carbons (Fsp3) is 0.275. The van der Waals surface area contributed by atoms with E-state index in [1.165, 1.54) is 24.3 Å². The lowest BCUT2D eigenvalue weighted by atomic mass is 9.94. The lowest BCUT2D eigenvalue weighted by molar-refractivity contribution is -0.140. The number of nitrogens with one attached hydrogen (secondary N) is 2. The number of alkyl halides is 3. The fourth-order valence-corrected chi connectivity index (χ4v) is 7.33. The van der Waals surface area contributed by atoms with Crippen molar-refractivity contribution in [3.05, 3.63) is 168 Å². The van der Waals surface area contributed by atoms with Crippen LogP contribution in [0.1, 0.15) is 78.7 Å². The third-order valence-corrected chi connectivity index (χ3v) is 10.2. The molecule has 0 fully saturated rings. The van der Waals surface area contributed by atoms with Gasteiger partial charge in [0.1, 0.15) is 17.7 Å². The predicted octanol–water partition coefficient (Wildman–Crippen LogP) is 12.3. The first kappa shape index (κ1) is 53.6. The summed E-state index contributed by atoms with van der Waals surface area (Å²) >= 11 is 8.80. The van der Waals surface area contributed by atoms with Crippen LogP contribution in [-0.4, -0.2) is 62.3 Å². The van der Waals surface area contributed by atoms with Gasteiger partial charge in [-0.3, -0.25) is 14.4 Å². The van der Waals surface area contributed by atoms with Crippen LogP contribution in [0.3, 0.4) is 0 Å². The van der Waals surface area contributed by atoms with E-state index in [0.717, 1.165) is 41.9 Å². The van der Waals surface area contributed by atoms with Gasteiger partial charge in [0.15, 0.2) is 0 Å². The highest BCUT2D eigenvalue weighted by Gasteiger charge is 2.32.